The van der Waals surface area contributed by atoms with Crippen molar-refractivity contribution in [2.45, 2.75) is 6.92 Å². The second-order valence-corrected chi connectivity index (χ2v) is 4.98. The Hall–Kier alpha value is -3.35. The van der Waals surface area contributed by atoms with Crippen LogP contribution < -0.4 is 14.8 Å². The number of amides is 1. The van der Waals surface area contributed by atoms with Crippen LogP contribution in [0.25, 0.3) is 0 Å². The van der Waals surface area contributed by atoms with Crippen LogP contribution in [0.1, 0.15) is 27.6 Å². The minimum atomic E-state index is -1.08. The van der Waals surface area contributed by atoms with Gasteiger partial charge in [-0.15, -0.1) is 0 Å². The van der Waals surface area contributed by atoms with Crippen molar-refractivity contribution in [2.75, 3.05) is 18.5 Å². The lowest BCUT2D eigenvalue weighted by Crippen LogP contribution is -2.20. The van der Waals surface area contributed by atoms with Crippen LogP contribution in [-0.4, -0.2) is 36.5 Å². The molecule has 7 nitrogen and oxygen atoms in total. The highest BCUT2D eigenvalue weighted by atomic mass is 16.5. The molecule has 0 unspecified atom stereocenters. The summed E-state index contributed by atoms with van der Waals surface area (Å²) >= 11 is 0. The normalized spacial score (nSPS) is 9.96. The third kappa shape index (κ3) is 5.07. The molecule has 0 fully saturated rings. The number of hydrogen-bond donors (Lipinski definition) is 2. The van der Waals surface area contributed by atoms with E-state index in [1.807, 2.05) is 0 Å². The Balaban J connectivity index is 2.01. The van der Waals surface area contributed by atoms with Crippen LogP contribution in [0.15, 0.2) is 42.5 Å². The van der Waals surface area contributed by atoms with Gasteiger partial charge in [-0.05, 0) is 43.3 Å². The number of rotatable bonds is 8. The van der Waals surface area contributed by atoms with Gasteiger partial charge in [-0.1, -0.05) is 6.07 Å². The molecule has 2 aromatic rings. The van der Waals surface area contributed by atoms with Gasteiger partial charge >= 0.3 is 5.97 Å². The van der Waals surface area contributed by atoms with Crippen LogP contribution in [0, 0.1) is 0 Å². The Bertz CT molecular complexity index is 787. The van der Waals surface area contributed by atoms with Crippen LogP contribution in [0.3, 0.4) is 0 Å². The summed E-state index contributed by atoms with van der Waals surface area (Å²) in [7, 11) is 0. The summed E-state index contributed by atoms with van der Waals surface area (Å²) in [6, 6.07) is 10.5. The number of aromatic carboxylic acids is 1. The fourth-order valence-electron chi connectivity index (χ4n) is 2.06. The first kappa shape index (κ1) is 18.0. The average molecular weight is 343 g/mol. The zero-order valence-electron chi connectivity index (χ0n) is 13.5. The average Bonchev–Trinajstić information content (AvgIpc) is 2.61. The van der Waals surface area contributed by atoms with E-state index in [-0.39, 0.29) is 12.2 Å². The molecule has 0 aliphatic rings. The number of anilines is 1. The van der Waals surface area contributed by atoms with Gasteiger partial charge in [0, 0.05) is 11.3 Å². The maximum absolute atomic E-state index is 12.0. The quantitative estimate of drug-likeness (QED) is 0.714. The highest BCUT2D eigenvalue weighted by Gasteiger charge is 2.10. The molecule has 0 heterocycles. The molecule has 0 atom stereocenters. The first-order chi connectivity index (χ1) is 12.0. The minimum Gasteiger partial charge on any atom is -0.490 e. The van der Waals surface area contributed by atoms with Crippen LogP contribution in [0.4, 0.5) is 5.69 Å². The molecule has 130 valence electrons. The lowest BCUT2D eigenvalue weighted by atomic mass is 10.2. The van der Waals surface area contributed by atoms with Crippen molar-refractivity contribution in [3.8, 4) is 11.5 Å². The highest BCUT2D eigenvalue weighted by molar-refractivity contribution is 5.94. The molecule has 0 bridgehead atoms. The van der Waals surface area contributed by atoms with E-state index in [1.165, 1.54) is 24.3 Å². The predicted octanol–water partition coefficient (Wildman–Crippen LogP) is 2.61. The monoisotopic (exact) mass is 343 g/mol. The van der Waals surface area contributed by atoms with E-state index >= 15 is 0 Å². The van der Waals surface area contributed by atoms with E-state index in [0.717, 1.165) is 0 Å². The van der Waals surface area contributed by atoms with Gasteiger partial charge in [0.15, 0.2) is 18.1 Å². The Morgan fingerprint density at radius 1 is 1.12 bits per heavy atom. The molecule has 2 N–H and O–H groups in total. The molecular formula is C18H17NO6. The van der Waals surface area contributed by atoms with Crippen molar-refractivity contribution in [3.63, 3.8) is 0 Å². The second kappa shape index (κ2) is 8.49. The number of aldehydes is 1. The molecule has 0 saturated carbocycles. The van der Waals surface area contributed by atoms with E-state index in [2.05, 4.69) is 5.32 Å². The van der Waals surface area contributed by atoms with E-state index < -0.39 is 11.9 Å². The number of carbonyl (C=O) groups excluding carboxylic acids is 2. The number of benzene rings is 2. The van der Waals surface area contributed by atoms with Gasteiger partial charge in [-0.25, -0.2) is 4.79 Å². The van der Waals surface area contributed by atoms with E-state index in [9.17, 15) is 14.4 Å². The van der Waals surface area contributed by atoms with Crippen LogP contribution in [0.2, 0.25) is 0 Å². The zero-order chi connectivity index (χ0) is 18.2. The third-order valence-corrected chi connectivity index (χ3v) is 3.16. The SMILES string of the molecule is CCOc1cc(C=O)ccc1OCC(=O)Nc1cccc(C(=O)O)c1. The number of ether oxygens (including phenoxy) is 2. The van der Waals surface area contributed by atoms with Crippen molar-refractivity contribution in [2.24, 2.45) is 0 Å². The maximum Gasteiger partial charge on any atom is 0.335 e. The third-order valence-electron chi connectivity index (χ3n) is 3.16. The molecule has 0 aliphatic heterocycles. The van der Waals surface area contributed by atoms with Crippen molar-refractivity contribution < 1.29 is 29.0 Å². The summed E-state index contributed by atoms with van der Waals surface area (Å²) in [5.74, 6) is -0.830. The molecule has 0 spiro atoms. The van der Waals surface area contributed by atoms with E-state index in [0.29, 0.717) is 35.6 Å². The maximum atomic E-state index is 12.0. The number of carboxylic acids is 1. The molecule has 25 heavy (non-hydrogen) atoms. The summed E-state index contributed by atoms with van der Waals surface area (Å²) in [4.78, 5) is 33.7. The van der Waals surface area contributed by atoms with Gasteiger partial charge in [0.05, 0.1) is 12.2 Å². The topological polar surface area (TPSA) is 102 Å². The summed E-state index contributed by atoms with van der Waals surface area (Å²) in [5.41, 5.74) is 0.863. The Morgan fingerprint density at radius 2 is 1.92 bits per heavy atom. The Labute approximate surface area is 144 Å². The molecule has 2 aromatic carbocycles. The van der Waals surface area contributed by atoms with Crippen molar-refractivity contribution in [1.29, 1.82) is 0 Å². The lowest BCUT2D eigenvalue weighted by Gasteiger charge is -2.12. The standard InChI is InChI=1S/C18H17NO6/c1-2-24-16-8-12(10-20)6-7-15(16)25-11-17(21)19-14-5-3-4-13(9-14)18(22)23/h3-10H,2,11H2,1H3,(H,19,21)(H,22,23). The second-order valence-electron chi connectivity index (χ2n) is 4.98. The van der Waals surface area contributed by atoms with Gasteiger partial charge in [-0.3, -0.25) is 9.59 Å². The largest absolute Gasteiger partial charge is 0.490 e. The molecule has 0 radical (unpaired) electrons. The fraction of sp³-hybridized carbons (Fsp3) is 0.167. The summed E-state index contributed by atoms with van der Waals surface area (Å²) in [6.45, 7) is 1.88. The molecular weight excluding hydrogens is 326 g/mol. The smallest absolute Gasteiger partial charge is 0.335 e. The van der Waals surface area contributed by atoms with Gasteiger partial charge in [0.1, 0.15) is 6.29 Å². The number of hydrogen-bond acceptors (Lipinski definition) is 5. The van der Waals surface area contributed by atoms with Gasteiger partial charge in [0.25, 0.3) is 5.91 Å². The van der Waals surface area contributed by atoms with Crippen LogP contribution in [0.5, 0.6) is 11.5 Å². The molecule has 0 aromatic heterocycles. The zero-order valence-corrected chi connectivity index (χ0v) is 13.5. The fourth-order valence-corrected chi connectivity index (χ4v) is 2.06. The van der Waals surface area contributed by atoms with Crippen molar-refractivity contribution >= 4 is 23.9 Å². The first-order valence-electron chi connectivity index (χ1n) is 7.51. The molecule has 1 amide bonds. The van der Waals surface area contributed by atoms with Crippen LogP contribution >= 0.6 is 0 Å². The Kier molecular flexibility index (Phi) is 6.11. The number of carboxylic acid groups (broad SMARTS) is 1. The first-order valence-corrected chi connectivity index (χ1v) is 7.51. The van der Waals surface area contributed by atoms with Crippen LogP contribution in [-0.2, 0) is 4.79 Å². The van der Waals surface area contributed by atoms with Crippen molar-refractivity contribution in [3.05, 3.63) is 53.6 Å². The highest BCUT2D eigenvalue weighted by Crippen LogP contribution is 2.28. The number of nitrogens with one attached hydrogen (secondary N) is 1. The van der Waals surface area contributed by atoms with Gasteiger partial charge in [-0.2, -0.15) is 0 Å². The molecule has 0 saturated heterocycles. The van der Waals surface area contributed by atoms with E-state index in [1.54, 1.807) is 25.1 Å². The van der Waals surface area contributed by atoms with Crippen molar-refractivity contribution in [1.82, 2.24) is 0 Å². The molecule has 7 heteroatoms. The number of carbonyl (C=O) groups is 3. The lowest BCUT2D eigenvalue weighted by molar-refractivity contribution is -0.118. The summed E-state index contributed by atoms with van der Waals surface area (Å²) < 4.78 is 10.8. The minimum absolute atomic E-state index is 0.0711. The summed E-state index contributed by atoms with van der Waals surface area (Å²) in [6.07, 6.45) is 0.689. The van der Waals surface area contributed by atoms with Gasteiger partial charge in [0.2, 0.25) is 0 Å². The van der Waals surface area contributed by atoms with Gasteiger partial charge < -0.3 is 19.9 Å². The molecule has 0 aliphatic carbocycles. The molecule has 2 rings (SSSR count). The van der Waals surface area contributed by atoms with E-state index in [4.69, 9.17) is 14.6 Å². The summed E-state index contributed by atoms with van der Waals surface area (Å²) in [5, 5.41) is 11.5. The predicted molar refractivity (Wildman–Crippen MR) is 90.5 cm³/mol. The Morgan fingerprint density at radius 3 is 2.60 bits per heavy atom.